The van der Waals surface area contributed by atoms with Crippen LogP contribution in [0.25, 0.3) is 0 Å². The first-order chi connectivity index (χ1) is 8.84. The van der Waals surface area contributed by atoms with Crippen LogP contribution < -0.4 is 11.1 Å². The van der Waals surface area contributed by atoms with Crippen molar-refractivity contribution >= 4 is 11.6 Å². The van der Waals surface area contributed by atoms with Gasteiger partial charge in [0.15, 0.2) is 5.96 Å². The predicted molar refractivity (Wildman–Crippen MR) is 81.7 cm³/mol. The van der Waals surface area contributed by atoms with Crippen LogP contribution in [0, 0.1) is 0 Å². The Morgan fingerprint density at radius 1 is 1.42 bits per heavy atom. The van der Waals surface area contributed by atoms with Crippen LogP contribution in [0.2, 0.25) is 0 Å². The number of hydrogen-bond donors (Lipinski definition) is 2. The van der Waals surface area contributed by atoms with Crippen LogP contribution in [0.15, 0.2) is 29.3 Å². The van der Waals surface area contributed by atoms with E-state index in [0.29, 0.717) is 18.4 Å². The van der Waals surface area contributed by atoms with Crippen molar-refractivity contribution in [3.05, 3.63) is 29.8 Å². The smallest absolute Gasteiger partial charge is 0.193 e. The SMILES string of the molecule is COC(C)(C)CN=C(N)Nc1cccc(C(C)C)c1. The lowest BCUT2D eigenvalue weighted by atomic mass is 10.0. The van der Waals surface area contributed by atoms with Crippen LogP contribution in [0.4, 0.5) is 5.69 Å². The van der Waals surface area contributed by atoms with Crippen LogP contribution >= 0.6 is 0 Å². The molecular formula is C15H25N3O. The van der Waals surface area contributed by atoms with E-state index in [2.05, 4.69) is 36.3 Å². The zero-order chi connectivity index (χ0) is 14.5. The number of nitrogens with two attached hydrogens (primary N) is 1. The highest BCUT2D eigenvalue weighted by molar-refractivity contribution is 5.92. The molecule has 4 nitrogen and oxygen atoms in total. The van der Waals surface area contributed by atoms with E-state index in [9.17, 15) is 0 Å². The Labute approximate surface area is 116 Å². The van der Waals surface area contributed by atoms with Gasteiger partial charge in [-0.25, -0.2) is 0 Å². The fourth-order valence-electron chi connectivity index (χ4n) is 1.50. The van der Waals surface area contributed by atoms with Crippen LogP contribution in [0.1, 0.15) is 39.2 Å². The van der Waals surface area contributed by atoms with Crippen molar-refractivity contribution in [3.63, 3.8) is 0 Å². The summed E-state index contributed by atoms with van der Waals surface area (Å²) in [7, 11) is 1.67. The minimum absolute atomic E-state index is 0.300. The lowest BCUT2D eigenvalue weighted by molar-refractivity contribution is 0.0312. The van der Waals surface area contributed by atoms with Gasteiger partial charge >= 0.3 is 0 Å². The Morgan fingerprint density at radius 2 is 2.11 bits per heavy atom. The molecule has 1 aromatic rings. The Morgan fingerprint density at radius 3 is 2.68 bits per heavy atom. The molecule has 0 saturated carbocycles. The largest absolute Gasteiger partial charge is 0.377 e. The number of ether oxygens (including phenoxy) is 1. The molecule has 0 fully saturated rings. The van der Waals surface area contributed by atoms with Gasteiger partial charge in [-0.2, -0.15) is 0 Å². The standard InChI is InChI=1S/C15H25N3O/c1-11(2)12-7-6-8-13(9-12)18-14(16)17-10-15(3,4)19-5/h6-9,11H,10H2,1-5H3,(H3,16,17,18). The highest BCUT2D eigenvalue weighted by Crippen LogP contribution is 2.18. The van der Waals surface area contributed by atoms with E-state index in [-0.39, 0.29) is 5.60 Å². The molecule has 0 unspecified atom stereocenters. The van der Waals surface area contributed by atoms with Gasteiger partial charge in [-0.05, 0) is 37.5 Å². The summed E-state index contributed by atoms with van der Waals surface area (Å²) < 4.78 is 5.30. The number of nitrogens with one attached hydrogen (secondary N) is 1. The molecule has 0 aliphatic heterocycles. The molecule has 4 heteroatoms. The van der Waals surface area contributed by atoms with E-state index in [0.717, 1.165) is 5.69 Å². The van der Waals surface area contributed by atoms with Crippen LogP contribution in [-0.4, -0.2) is 25.2 Å². The van der Waals surface area contributed by atoms with Gasteiger partial charge in [0.05, 0.1) is 12.1 Å². The van der Waals surface area contributed by atoms with Crippen molar-refractivity contribution in [2.45, 2.75) is 39.2 Å². The van der Waals surface area contributed by atoms with Crippen molar-refractivity contribution < 1.29 is 4.74 Å². The van der Waals surface area contributed by atoms with E-state index in [1.807, 2.05) is 26.0 Å². The van der Waals surface area contributed by atoms with E-state index < -0.39 is 0 Å². The van der Waals surface area contributed by atoms with Crippen molar-refractivity contribution in [2.75, 3.05) is 19.0 Å². The molecule has 3 N–H and O–H groups in total. The van der Waals surface area contributed by atoms with Gasteiger partial charge in [0.25, 0.3) is 0 Å². The molecule has 0 amide bonds. The number of methoxy groups -OCH3 is 1. The average molecular weight is 263 g/mol. The van der Waals surface area contributed by atoms with Crippen molar-refractivity contribution in [1.29, 1.82) is 0 Å². The van der Waals surface area contributed by atoms with E-state index in [4.69, 9.17) is 10.5 Å². The number of hydrogen-bond acceptors (Lipinski definition) is 2. The molecule has 0 bridgehead atoms. The summed E-state index contributed by atoms with van der Waals surface area (Å²) in [5, 5.41) is 3.11. The van der Waals surface area contributed by atoms with E-state index in [1.54, 1.807) is 7.11 Å². The Balaban J connectivity index is 2.69. The van der Waals surface area contributed by atoms with Gasteiger partial charge < -0.3 is 15.8 Å². The zero-order valence-corrected chi connectivity index (χ0v) is 12.5. The van der Waals surface area contributed by atoms with Crippen LogP contribution in [0.5, 0.6) is 0 Å². The quantitative estimate of drug-likeness (QED) is 0.634. The Bertz CT molecular complexity index is 439. The van der Waals surface area contributed by atoms with Gasteiger partial charge in [-0.1, -0.05) is 26.0 Å². The fourth-order valence-corrected chi connectivity index (χ4v) is 1.50. The van der Waals surface area contributed by atoms with Gasteiger partial charge in [-0.3, -0.25) is 4.99 Å². The van der Waals surface area contributed by atoms with Gasteiger partial charge in [0.2, 0.25) is 0 Å². The summed E-state index contributed by atoms with van der Waals surface area (Å²) in [6.45, 7) is 8.80. The summed E-state index contributed by atoms with van der Waals surface area (Å²) in [4.78, 5) is 4.29. The Hall–Kier alpha value is -1.55. The molecule has 19 heavy (non-hydrogen) atoms. The number of guanidine groups is 1. The third-order valence-corrected chi connectivity index (χ3v) is 3.01. The fraction of sp³-hybridized carbons (Fsp3) is 0.533. The normalized spacial score (nSPS) is 12.8. The summed E-state index contributed by atoms with van der Waals surface area (Å²) >= 11 is 0. The number of benzene rings is 1. The van der Waals surface area contributed by atoms with Gasteiger partial charge in [0.1, 0.15) is 0 Å². The maximum absolute atomic E-state index is 5.88. The number of rotatable bonds is 5. The van der Waals surface area contributed by atoms with Gasteiger partial charge in [0, 0.05) is 12.8 Å². The minimum atomic E-state index is -0.300. The minimum Gasteiger partial charge on any atom is -0.377 e. The maximum atomic E-state index is 5.88. The van der Waals surface area contributed by atoms with Crippen LogP contribution in [-0.2, 0) is 4.74 Å². The first-order valence-corrected chi connectivity index (χ1v) is 6.56. The maximum Gasteiger partial charge on any atom is 0.193 e. The second-order valence-corrected chi connectivity index (χ2v) is 5.57. The highest BCUT2D eigenvalue weighted by Gasteiger charge is 2.15. The first-order valence-electron chi connectivity index (χ1n) is 6.56. The molecule has 1 rings (SSSR count). The third-order valence-electron chi connectivity index (χ3n) is 3.01. The molecule has 0 aromatic heterocycles. The van der Waals surface area contributed by atoms with Crippen molar-refractivity contribution in [3.8, 4) is 0 Å². The third kappa shape index (κ3) is 5.30. The predicted octanol–water partition coefficient (Wildman–Crippen LogP) is 2.96. The molecule has 0 aliphatic carbocycles. The molecule has 0 radical (unpaired) electrons. The molecule has 0 heterocycles. The topological polar surface area (TPSA) is 59.6 Å². The summed E-state index contributed by atoms with van der Waals surface area (Å²) in [5.41, 5.74) is 7.81. The second kappa shape index (κ2) is 6.57. The van der Waals surface area contributed by atoms with E-state index >= 15 is 0 Å². The molecule has 1 aromatic carbocycles. The number of anilines is 1. The van der Waals surface area contributed by atoms with E-state index in [1.165, 1.54) is 5.56 Å². The summed E-state index contributed by atoms with van der Waals surface area (Å²) in [5.74, 6) is 0.901. The summed E-state index contributed by atoms with van der Waals surface area (Å²) in [6, 6.07) is 8.20. The monoisotopic (exact) mass is 263 g/mol. The molecule has 0 saturated heterocycles. The molecule has 0 atom stereocenters. The number of aliphatic imine (C=N–C) groups is 1. The highest BCUT2D eigenvalue weighted by atomic mass is 16.5. The molecular weight excluding hydrogens is 238 g/mol. The lowest BCUT2D eigenvalue weighted by Gasteiger charge is -2.20. The first kappa shape index (κ1) is 15.5. The molecule has 0 aliphatic rings. The average Bonchev–Trinajstić information content (AvgIpc) is 2.37. The second-order valence-electron chi connectivity index (χ2n) is 5.57. The zero-order valence-electron chi connectivity index (χ0n) is 12.5. The molecule has 106 valence electrons. The lowest BCUT2D eigenvalue weighted by Crippen LogP contribution is -2.30. The van der Waals surface area contributed by atoms with Crippen LogP contribution in [0.3, 0.4) is 0 Å². The number of nitrogens with zero attached hydrogens (tertiary/aromatic N) is 1. The Kier molecular flexibility index (Phi) is 5.36. The van der Waals surface area contributed by atoms with Crippen molar-refractivity contribution in [1.82, 2.24) is 0 Å². The van der Waals surface area contributed by atoms with Crippen molar-refractivity contribution in [2.24, 2.45) is 10.7 Å². The molecule has 0 spiro atoms. The van der Waals surface area contributed by atoms with Gasteiger partial charge in [-0.15, -0.1) is 0 Å². The summed E-state index contributed by atoms with van der Waals surface area (Å²) in [6.07, 6.45) is 0.